The van der Waals surface area contributed by atoms with E-state index in [0.29, 0.717) is 36.2 Å². The summed E-state index contributed by atoms with van der Waals surface area (Å²) in [5.74, 6) is -0.866. The Bertz CT molecular complexity index is 860. The maximum Gasteiger partial charge on any atom is 0.395 e. The minimum Gasteiger partial charge on any atom is -0.352 e. The largest absolute Gasteiger partial charge is 0.395 e. The lowest BCUT2D eigenvalue weighted by atomic mass is 10.0. The molecule has 0 radical (unpaired) electrons. The second kappa shape index (κ2) is 8.49. The highest BCUT2D eigenvalue weighted by Gasteiger charge is 2.37. The van der Waals surface area contributed by atoms with E-state index in [4.69, 9.17) is 11.6 Å². The molecule has 0 bridgehead atoms. The Labute approximate surface area is 172 Å². The Morgan fingerprint density at radius 2 is 1.93 bits per heavy atom. The molecule has 0 saturated carbocycles. The number of halogens is 4. The molecular formula is C20H22ClF3N4O. The van der Waals surface area contributed by atoms with Crippen molar-refractivity contribution < 1.29 is 18.0 Å². The molecule has 2 aromatic rings. The molecule has 2 unspecified atom stereocenters. The second-order valence-corrected chi connectivity index (χ2v) is 7.52. The van der Waals surface area contributed by atoms with Gasteiger partial charge in [0, 0.05) is 37.6 Å². The summed E-state index contributed by atoms with van der Waals surface area (Å²) in [4.78, 5) is 20.7. The molecule has 2 atom stereocenters. The van der Waals surface area contributed by atoms with Gasteiger partial charge in [-0.2, -0.15) is 13.2 Å². The van der Waals surface area contributed by atoms with E-state index < -0.39 is 12.1 Å². The van der Waals surface area contributed by atoms with Crippen molar-refractivity contribution in [2.75, 3.05) is 29.9 Å². The minimum atomic E-state index is -4.30. The van der Waals surface area contributed by atoms with Crippen LogP contribution in [0, 0.1) is 0 Å². The minimum absolute atomic E-state index is 0.0913. The van der Waals surface area contributed by atoms with Gasteiger partial charge in [-0.15, -0.1) is 0 Å². The average Bonchev–Trinajstić information content (AvgIpc) is 2.67. The van der Waals surface area contributed by atoms with Gasteiger partial charge in [0.05, 0.1) is 10.9 Å². The predicted octanol–water partition coefficient (Wildman–Crippen LogP) is 5.14. The molecule has 2 amide bonds. The number of amides is 2. The number of hydrogen-bond donors (Lipinski definition) is 1. The van der Waals surface area contributed by atoms with Gasteiger partial charge in [0.1, 0.15) is 5.82 Å². The van der Waals surface area contributed by atoms with Crippen molar-refractivity contribution in [1.82, 2.24) is 9.88 Å². The Hall–Kier alpha value is -2.48. The zero-order valence-electron chi connectivity index (χ0n) is 16.1. The van der Waals surface area contributed by atoms with Crippen LogP contribution >= 0.6 is 11.6 Å². The van der Waals surface area contributed by atoms with E-state index in [1.807, 2.05) is 11.8 Å². The summed E-state index contributed by atoms with van der Waals surface area (Å²) in [6.07, 6.45) is -2.62. The number of anilines is 2. The number of pyridine rings is 1. The molecule has 5 nitrogen and oxygen atoms in total. The lowest BCUT2D eigenvalue weighted by Crippen LogP contribution is -2.55. The topological polar surface area (TPSA) is 48.5 Å². The number of carbonyl (C=O) groups is 1. The summed E-state index contributed by atoms with van der Waals surface area (Å²) in [6.45, 7) is 4.67. The van der Waals surface area contributed by atoms with E-state index in [0.717, 1.165) is 6.92 Å². The van der Waals surface area contributed by atoms with Crippen molar-refractivity contribution in [3.8, 4) is 0 Å². The molecule has 1 aliphatic heterocycles. The predicted molar refractivity (Wildman–Crippen MR) is 108 cm³/mol. The zero-order valence-corrected chi connectivity index (χ0v) is 16.8. The number of hydrogen-bond acceptors (Lipinski definition) is 3. The van der Waals surface area contributed by atoms with Gasteiger partial charge in [-0.3, -0.25) is 0 Å². The molecule has 2 heterocycles. The third-order valence-corrected chi connectivity index (χ3v) is 5.37. The summed E-state index contributed by atoms with van der Waals surface area (Å²) < 4.78 is 38.5. The van der Waals surface area contributed by atoms with E-state index in [1.54, 1.807) is 23.2 Å². The summed E-state index contributed by atoms with van der Waals surface area (Å²) in [5.41, 5.74) is 0.611. The van der Waals surface area contributed by atoms with Gasteiger partial charge < -0.3 is 15.1 Å². The summed E-state index contributed by atoms with van der Waals surface area (Å²) in [5, 5.41) is 3.32. The van der Waals surface area contributed by atoms with Crippen LogP contribution in [0.3, 0.4) is 0 Å². The van der Waals surface area contributed by atoms with Gasteiger partial charge in [-0.1, -0.05) is 23.7 Å². The highest BCUT2D eigenvalue weighted by atomic mass is 35.5. The molecule has 29 heavy (non-hydrogen) atoms. The van der Waals surface area contributed by atoms with Crippen LogP contribution < -0.4 is 10.2 Å². The molecule has 3 rings (SSSR count). The van der Waals surface area contributed by atoms with E-state index in [-0.39, 0.29) is 17.6 Å². The molecule has 1 fully saturated rings. The molecular weight excluding hydrogens is 405 g/mol. The first-order valence-electron chi connectivity index (χ1n) is 9.26. The molecule has 1 N–H and O–H groups in total. The molecule has 1 aliphatic rings. The maximum absolute atomic E-state index is 12.8. The van der Waals surface area contributed by atoms with Gasteiger partial charge in [-0.25, -0.2) is 9.78 Å². The first-order valence-corrected chi connectivity index (χ1v) is 9.64. The number of urea groups is 1. The van der Waals surface area contributed by atoms with Crippen molar-refractivity contribution in [3.05, 3.63) is 53.2 Å². The summed E-state index contributed by atoms with van der Waals surface area (Å²) in [6, 6.07) is 8.91. The molecule has 1 aromatic carbocycles. The molecule has 1 saturated heterocycles. The Kier molecular flexibility index (Phi) is 6.21. The van der Waals surface area contributed by atoms with Crippen molar-refractivity contribution in [1.29, 1.82) is 0 Å². The quantitative estimate of drug-likeness (QED) is 0.739. The summed E-state index contributed by atoms with van der Waals surface area (Å²) >= 11 is 6.21. The number of nitrogens with zero attached hydrogens (tertiary/aromatic N) is 3. The lowest BCUT2D eigenvalue weighted by molar-refractivity contribution is -0.146. The average molecular weight is 427 g/mol. The number of nitrogens with one attached hydrogen (secondary N) is 1. The SMILES string of the molecule is CC1CN(c2ncccc2Cl)CCN1C(=O)Nc1ccc(C(C)C(F)(F)F)cc1. The number of carbonyl (C=O) groups excluding carboxylic acids is 1. The van der Waals surface area contributed by atoms with Crippen LogP contribution in [0.5, 0.6) is 0 Å². The van der Waals surface area contributed by atoms with Gasteiger partial charge >= 0.3 is 12.2 Å². The van der Waals surface area contributed by atoms with Gasteiger partial charge in [-0.05, 0) is 43.7 Å². The monoisotopic (exact) mass is 426 g/mol. The number of benzene rings is 1. The number of aromatic nitrogens is 1. The van der Waals surface area contributed by atoms with Crippen LogP contribution in [-0.2, 0) is 0 Å². The van der Waals surface area contributed by atoms with Crippen molar-refractivity contribution in [2.45, 2.75) is 32.0 Å². The summed E-state index contributed by atoms with van der Waals surface area (Å²) in [7, 11) is 0. The maximum atomic E-state index is 12.8. The molecule has 0 spiro atoms. The zero-order chi connectivity index (χ0) is 21.2. The van der Waals surface area contributed by atoms with Crippen molar-refractivity contribution in [3.63, 3.8) is 0 Å². The van der Waals surface area contributed by atoms with Crippen LogP contribution in [0.2, 0.25) is 5.02 Å². The molecule has 1 aromatic heterocycles. The van der Waals surface area contributed by atoms with Gasteiger partial charge in [0.15, 0.2) is 0 Å². The Morgan fingerprint density at radius 3 is 2.52 bits per heavy atom. The number of piperazine rings is 1. The second-order valence-electron chi connectivity index (χ2n) is 7.11. The van der Waals surface area contributed by atoms with Crippen LogP contribution in [0.15, 0.2) is 42.6 Å². The number of rotatable bonds is 3. The number of alkyl halides is 3. The highest BCUT2D eigenvalue weighted by Crippen LogP contribution is 2.34. The van der Waals surface area contributed by atoms with E-state index >= 15 is 0 Å². The highest BCUT2D eigenvalue weighted by molar-refractivity contribution is 6.32. The lowest BCUT2D eigenvalue weighted by Gasteiger charge is -2.40. The Balaban J connectivity index is 1.61. The van der Waals surface area contributed by atoms with Crippen molar-refractivity contribution >= 4 is 29.1 Å². The third-order valence-electron chi connectivity index (χ3n) is 5.08. The first kappa shape index (κ1) is 21.2. The van der Waals surface area contributed by atoms with Crippen LogP contribution in [0.1, 0.15) is 25.3 Å². The standard InChI is InChI=1S/C20H22ClF3N4O/c1-13-12-27(18-17(21)4-3-9-25-18)10-11-28(13)19(29)26-16-7-5-15(6-8-16)14(2)20(22,23)24/h3-9,13-14H,10-12H2,1-2H3,(H,26,29). The Morgan fingerprint density at radius 1 is 1.24 bits per heavy atom. The van der Waals surface area contributed by atoms with Gasteiger partial charge in [0.2, 0.25) is 0 Å². The molecule has 0 aliphatic carbocycles. The normalized spacial score (nSPS) is 18.5. The van der Waals surface area contributed by atoms with E-state index in [1.165, 1.54) is 24.3 Å². The smallest absolute Gasteiger partial charge is 0.352 e. The fraction of sp³-hybridized carbons (Fsp3) is 0.400. The fourth-order valence-corrected chi connectivity index (χ4v) is 3.54. The van der Waals surface area contributed by atoms with Gasteiger partial charge in [0.25, 0.3) is 0 Å². The first-order chi connectivity index (χ1) is 13.7. The third kappa shape index (κ3) is 4.93. The molecule has 9 heteroatoms. The van der Waals surface area contributed by atoms with E-state index in [2.05, 4.69) is 10.3 Å². The molecule has 156 valence electrons. The van der Waals surface area contributed by atoms with Crippen LogP contribution in [0.4, 0.5) is 29.5 Å². The van der Waals surface area contributed by atoms with Crippen LogP contribution in [0.25, 0.3) is 0 Å². The van der Waals surface area contributed by atoms with Crippen LogP contribution in [-0.4, -0.2) is 47.8 Å². The van der Waals surface area contributed by atoms with Crippen molar-refractivity contribution in [2.24, 2.45) is 0 Å². The fourth-order valence-electron chi connectivity index (χ4n) is 3.30. The van der Waals surface area contributed by atoms with E-state index in [9.17, 15) is 18.0 Å².